The Bertz CT molecular complexity index is 401. The molecule has 0 heterocycles. The fraction of sp³-hybridized carbons (Fsp3) is 0.538. The molecule has 0 aromatic heterocycles. The normalized spacial score (nSPS) is 20.4. The van der Waals surface area contributed by atoms with Gasteiger partial charge in [-0.3, -0.25) is 0 Å². The summed E-state index contributed by atoms with van der Waals surface area (Å²) in [4.78, 5) is 0. The second kappa shape index (κ2) is 4.50. The molecule has 0 fully saturated rings. The van der Waals surface area contributed by atoms with Crippen LogP contribution in [0.3, 0.4) is 0 Å². The van der Waals surface area contributed by atoms with Crippen LogP contribution in [0.25, 0.3) is 0 Å². The van der Waals surface area contributed by atoms with Crippen LogP contribution in [0.2, 0.25) is 0 Å². The summed E-state index contributed by atoms with van der Waals surface area (Å²) in [6.45, 7) is 1.74. The summed E-state index contributed by atoms with van der Waals surface area (Å²) in [6.07, 6.45) is 3.71. The van der Waals surface area contributed by atoms with E-state index in [1.54, 1.807) is 6.92 Å². The number of hydrogen-bond acceptors (Lipinski definition) is 1. The molecule has 0 spiro atoms. The quantitative estimate of drug-likeness (QED) is 0.723. The highest BCUT2D eigenvalue weighted by molar-refractivity contribution is 5.40. The van der Waals surface area contributed by atoms with Crippen LogP contribution in [-0.2, 0) is 6.42 Å². The van der Waals surface area contributed by atoms with Crippen LogP contribution in [0, 0.1) is 18.6 Å². The number of nitrogens with one attached hydrogen (secondary N) is 1. The molecule has 2 rings (SSSR count). The third-order valence-electron chi connectivity index (χ3n) is 3.50. The molecule has 0 aliphatic heterocycles. The minimum atomic E-state index is -0.432. The first kappa shape index (κ1) is 11.5. The standard InChI is InChI=1S/C13H17F2N/c1-8-10(14)7-11(15)9-5-3-4-6-12(16-2)13(8)9/h7,12,16H,3-6H2,1-2H3. The molecule has 1 aromatic carbocycles. The summed E-state index contributed by atoms with van der Waals surface area (Å²) in [6, 6.07) is 1.11. The lowest BCUT2D eigenvalue weighted by Crippen LogP contribution is -2.19. The highest BCUT2D eigenvalue weighted by atomic mass is 19.1. The second-order valence-corrected chi connectivity index (χ2v) is 4.44. The van der Waals surface area contributed by atoms with Gasteiger partial charge in [-0.2, -0.15) is 0 Å². The molecule has 16 heavy (non-hydrogen) atoms. The third kappa shape index (κ3) is 1.84. The fourth-order valence-corrected chi connectivity index (χ4v) is 2.60. The van der Waals surface area contributed by atoms with Gasteiger partial charge in [-0.1, -0.05) is 6.42 Å². The van der Waals surface area contributed by atoms with Crippen LogP contribution >= 0.6 is 0 Å². The molecule has 1 nitrogen and oxygen atoms in total. The lowest BCUT2D eigenvalue weighted by Gasteiger charge is -2.20. The van der Waals surface area contributed by atoms with Crippen LogP contribution in [0.5, 0.6) is 0 Å². The third-order valence-corrected chi connectivity index (χ3v) is 3.50. The van der Waals surface area contributed by atoms with Crippen molar-refractivity contribution in [1.29, 1.82) is 0 Å². The van der Waals surface area contributed by atoms with E-state index < -0.39 is 5.82 Å². The van der Waals surface area contributed by atoms with E-state index in [1.165, 1.54) is 0 Å². The minimum Gasteiger partial charge on any atom is -0.313 e. The topological polar surface area (TPSA) is 12.0 Å². The van der Waals surface area contributed by atoms with Crippen LogP contribution in [0.15, 0.2) is 6.07 Å². The smallest absolute Gasteiger partial charge is 0.129 e. The molecule has 0 amide bonds. The Kier molecular flexibility index (Phi) is 3.24. The zero-order valence-corrected chi connectivity index (χ0v) is 9.74. The van der Waals surface area contributed by atoms with E-state index in [-0.39, 0.29) is 11.9 Å². The van der Waals surface area contributed by atoms with E-state index >= 15 is 0 Å². The first-order chi connectivity index (χ1) is 7.65. The zero-order valence-electron chi connectivity index (χ0n) is 9.74. The molecule has 1 aliphatic rings. The summed E-state index contributed by atoms with van der Waals surface area (Å²) < 4.78 is 27.3. The Balaban J connectivity index is 2.61. The molecule has 3 heteroatoms. The predicted molar refractivity (Wildman–Crippen MR) is 60.5 cm³/mol. The lowest BCUT2D eigenvalue weighted by atomic mass is 9.93. The molecule has 0 bridgehead atoms. The molecule has 1 unspecified atom stereocenters. The van der Waals surface area contributed by atoms with Gasteiger partial charge in [0.2, 0.25) is 0 Å². The summed E-state index contributed by atoms with van der Waals surface area (Å²) in [7, 11) is 1.85. The Morgan fingerprint density at radius 1 is 1.25 bits per heavy atom. The summed E-state index contributed by atoms with van der Waals surface area (Å²) in [5.74, 6) is -0.821. The number of halogens is 2. The van der Waals surface area contributed by atoms with Gasteiger partial charge in [-0.05, 0) is 49.9 Å². The van der Waals surface area contributed by atoms with Crippen molar-refractivity contribution in [2.24, 2.45) is 0 Å². The number of fused-ring (bicyclic) bond motifs is 1. The molecular weight excluding hydrogens is 208 g/mol. The second-order valence-electron chi connectivity index (χ2n) is 4.44. The predicted octanol–water partition coefficient (Wildman–Crippen LogP) is 3.26. The van der Waals surface area contributed by atoms with Crippen LogP contribution in [-0.4, -0.2) is 7.05 Å². The first-order valence-corrected chi connectivity index (χ1v) is 5.79. The van der Waals surface area contributed by atoms with Gasteiger partial charge in [-0.25, -0.2) is 8.78 Å². The highest BCUT2D eigenvalue weighted by Crippen LogP contribution is 2.33. The number of rotatable bonds is 1. The Hall–Kier alpha value is -0.960. The Labute approximate surface area is 94.9 Å². The highest BCUT2D eigenvalue weighted by Gasteiger charge is 2.23. The number of benzene rings is 1. The van der Waals surface area contributed by atoms with Gasteiger partial charge in [0.15, 0.2) is 0 Å². The summed E-state index contributed by atoms with van der Waals surface area (Å²) in [5, 5.41) is 3.16. The van der Waals surface area contributed by atoms with Gasteiger partial charge < -0.3 is 5.32 Å². The molecule has 1 atom stereocenters. The largest absolute Gasteiger partial charge is 0.313 e. The lowest BCUT2D eigenvalue weighted by molar-refractivity contribution is 0.519. The first-order valence-electron chi connectivity index (χ1n) is 5.79. The van der Waals surface area contributed by atoms with E-state index in [4.69, 9.17) is 0 Å². The van der Waals surface area contributed by atoms with Gasteiger partial charge in [-0.15, -0.1) is 0 Å². The van der Waals surface area contributed by atoms with E-state index in [1.807, 2.05) is 7.05 Å². The van der Waals surface area contributed by atoms with Crippen molar-refractivity contribution in [3.63, 3.8) is 0 Å². The van der Waals surface area contributed by atoms with Crippen LogP contribution in [0.4, 0.5) is 8.78 Å². The van der Waals surface area contributed by atoms with Crippen molar-refractivity contribution in [2.45, 2.75) is 38.6 Å². The van der Waals surface area contributed by atoms with E-state index in [9.17, 15) is 8.78 Å². The SMILES string of the molecule is CNC1CCCCc2c(F)cc(F)c(C)c21. The molecule has 0 saturated carbocycles. The zero-order chi connectivity index (χ0) is 11.7. The Morgan fingerprint density at radius 3 is 2.69 bits per heavy atom. The van der Waals surface area contributed by atoms with E-state index in [2.05, 4.69) is 5.32 Å². The van der Waals surface area contributed by atoms with Crippen LogP contribution < -0.4 is 5.32 Å². The van der Waals surface area contributed by atoms with Crippen molar-refractivity contribution in [3.8, 4) is 0 Å². The maximum Gasteiger partial charge on any atom is 0.129 e. The molecule has 1 aromatic rings. The maximum atomic E-state index is 13.7. The van der Waals surface area contributed by atoms with Crippen molar-refractivity contribution < 1.29 is 8.78 Å². The van der Waals surface area contributed by atoms with Gasteiger partial charge in [0.05, 0.1) is 0 Å². The molecule has 88 valence electrons. The van der Waals surface area contributed by atoms with E-state index in [0.717, 1.165) is 37.3 Å². The molecule has 1 N–H and O–H groups in total. The van der Waals surface area contributed by atoms with Gasteiger partial charge >= 0.3 is 0 Å². The van der Waals surface area contributed by atoms with Crippen molar-refractivity contribution in [2.75, 3.05) is 7.05 Å². The fourth-order valence-electron chi connectivity index (χ4n) is 2.60. The average molecular weight is 225 g/mol. The van der Waals surface area contributed by atoms with E-state index in [0.29, 0.717) is 11.1 Å². The van der Waals surface area contributed by atoms with Gasteiger partial charge in [0.1, 0.15) is 11.6 Å². The van der Waals surface area contributed by atoms with Gasteiger partial charge in [0, 0.05) is 12.1 Å². The number of hydrogen-bond donors (Lipinski definition) is 1. The Morgan fingerprint density at radius 2 is 2.00 bits per heavy atom. The maximum absolute atomic E-state index is 13.7. The average Bonchev–Trinajstić information content (AvgIpc) is 2.48. The van der Waals surface area contributed by atoms with Crippen molar-refractivity contribution >= 4 is 0 Å². The minimum absolute atomic E-state index is 0.0858. The summed E-state index contributed by atoms with van der Waals surface area (Å²) in [5.41, 5.74) is 2.14. The molecular formula is C13H17F2N. The monoisotopic (exact) mass is 225 g/mol. The van der Waals surface area contributed by atoms with Gasteiger partial charge in [0.25, 0.3) is 0 Å². The van der Waals surface area contributed by atoms with Crippen molar-refractivity contribution in [3.05, 3.63) is 34.4 Å². The van der Waals surface area contributed by atoms with Crippen molar-refractivity contribution in [1.82, 2.24) is 5.32 Å². The van der Waals surface area contributed by atoms with Crippen LogP contribution in [0.1, 0.15) is 42.0 Å². The molecule has 1 aliphatic carbocycles. The molecule has 0 saturated heterocycles. The summed E-state index contributed by atoms with van der Waals surface area (Å²) >= 11 is 0. The molecule has 0 radical (unpaired) electrons.